The zero-order valence-corrected chi connectivity index (χ0v) is 12.2. The van der Waals surface area contributed by atoms with Gasteiger partial charge in [0.1, 0.15) is 0 Å². The van der Waals surface area contributed by atoms with Crippen molar-refractivity contribution < 1.29 is 0 Å². The van der Waals surface area contributed by atoms with Crippen LogP contribution in [0.15, 0.2) is 35.3 Å². The molecule has 0 saturated carbocycles. The van der Waals surface area contributed by atoms with Gasteiger partial charge in [0.15, 0.2) is 0 Å². The predicted octanol–water partition coefficient (Wildman–Crippen LogP) is 5.31. The van der Waals surface area contributed by atoms with Gasteiger partial charge in [-0.1, -0.05) is 43.7 Å². The molecule has 1 heterocycles. The highest BCUT2D eigenvalue weighted by atomic mass is 14.8. The smallest absolute Gasteiger partial charge is 0.0677 e. The highest BCUT2D eigenvalue weighted by Gasteiger charge is 2.39. The van der Waals surface area contributed by atoms with Gasteiger partial charge < -0.3 is 0 Å². The third kappa shape index (κ3) is 1.57. The summed E-state index contributed by atoms with van der Waals surface area (Å²) in [5.74, 6) is 0. The predicted molar refractivity (Wildman–Crippen MR) is 83.7 cm³/mol. The lowest BCUT2D eigenvalue weighted by molar-refractivity contribution is 0.546. The number of hydrogen-bond acceptors (Lipinski definition) is 1. The second-order valence-corrected chi connectivity index (χ2v) is 5.67. The van der Waals surface area contributed by atoms with Crippen molar-refractivity contribution in [2.75, 3.05) is 0 Å². The average molecular weight is 251 g/mol. The van der Waals surface area contributed by atoms with Crippen LogP contribution in [0.2, 0.25) is 0 Å². The van der Waals surface area contributed by atoms with E-state index in [1.807, 2.05) is 0 Å². The van der Waals surface area contributed by atoms with Crippen molar-refractivity contribution >= 4 is 22.2 Å². The molecule has 0 radical (unpaired) electrons. The summed E-state index contributed by atoms with van der Waals surface area (Å²) in [7, 11) is 0. The quantitative estimate of drug-likeness (QED) is 0.685. The molecule has 3 rings (SSSR count). The number of rotatable bonds is 2. The fourth-order valence-corrected chi connectivity index (χ4v) is 3.62. The van der Waals surface area contributed by atoms with Crippen LogP contribution < -0.4 is 0 Å². The topological polar surface area (TPSA) is 12.4 Å². The van der Waals surface area contributed by atoms with Gasteiger partial charge in [-0.15, -0.1) is 0 Å². The van der Waals surface area contributed by atoms with E-state index >= 15 is 0 Å². The van der Waals surface area contributed by atoms with Gasteiger partial charge in [0, 0.05) is 11.1 Å². The zero-order valence-electron chi connectivity index (χ0n) is 12.2. The number of benzene rings is 2. The van der Waals surface area contributed by atoms with Crippen LogP contribution in [0.4, 0.5) is 5.69 Å². The van der Waals surface area contributed by atoms with Crippen LogP contribution >= 0.6 is 0 Å². The molecule has 1 nitrogen and oxygen atoms in total. The van der Waals surface area contributed by atoms with Gasteiger partial charge in [-0.05, 0) is 49.1 Å². The molecule has 0 N–H and O–H groups in total. The van der Waals surface area contributed by atoms with Crippen molar-refractivity contribution in [3.63, 3.8) is 0 Å². The minimum Gasteiger partial charge on any atom is -0.257 e. The van der Waals surface area contributed by atoms with Crippen molar-refractivity contribution in [3.05, 3.63) is 41.5 Å². The molecule has 0 amide bonds. The fraction of sp³-hybridized carbons (Fsp3) is 0.389. The van der Waals surface area contributed by atoms with Crippen LogP contribution in [0.1, 0.15) is 44.7 Å². The molecule has 0 atom stereocenters. The van der Waals surface area contributed by atoms with Gasteiger partial charge in [0.2, 0.25) is 0 Å². The van der Waals surface area contributed by atoms with Gasteiger partial charge in [-0.3, -0.25) is 4.99 Å². The summed E-state index contributed by atoms with van der Waals surface area (Å²) in [4.78, 5) is 4.84. The SMILES string of the molecule is CCC1(CC)C(C)=Nc2ccc3cc(C)ccc3c21. The number of aliphatic imine (C=N–C) groups is 1. The number of nitrogens with zero attached hydrogens (tertiary/aromatic N) is 1. The molecule has 1 heteroatoms. The molecule has 0 aliphatic carbocycles. The summed E-state index contributed by atoms with van der Waals surface area (Å²) >= 11 is 0. The lowest BCUT2D eigenvalue weighted by atomic mass is 9.72. The summed E-state index contributed by atoms with van der Waals surface area (Å²) in [6.45, 7) is 8.91. The minimum atomic E-state index is 0.143. The Hall–Kier alpha value is -1.63. The Labute approximate surface area is 115 Å². The first kappa shape index (κ1) is 12.4. The van der Waals surface area contributed by atoms with E-state index in [1.54, 1.807) is 0 Å². The third-order valence-electron chi connectivity index (χ3n) is 4.82. The van der Waals surface area contributed by atoms with E-state index in [2.05, 4.69) is 58.0 Å². The Morgan fingerprint density at radius 3 is 2.42 bits per heavy atom. The van der Waals surface area contributed by atoms with Gasteiger partial charge in [0.25, 0.3) is 0 Å². The van der Waals surface area contributed by atoms with Crippen molar-refractivity contribution in [2.24, 2.45) is 4.99 Å². The van der Waals surface area contributed by atoms with E-state index in [-0.39, 0.29) is 5.41 Å². The van der Waals surface area contributed by atoms with Crippen molar-refractivity contribution in [1.82, 2.24) is 0 Å². The maximum atomic E-state index is 4.84. The first-order valence-electron chi connectivity index (χ1n) is 7.22. The molecule has 19 heavy (non-hydrogen) atoms. The molecule has 0 aromatic heterocycles. The van der Waals surface area contributed by atoms with Gasteiger partial charge in [-0.25, -0.2) is 0 Å². The molecular weight excluding hydrogens is 230 g/mol. The molecule has 0 unspecified atom stereocenters. The molecule has 1 aliphatic rings. The van der Waals surface area contributed by atoms with E-state index in [0.717, 1.165) is 12.8 Å². The number of hydrogen-bond donors (Lipinski definition) is 0. The summed E-state index contributed by atoms with van der Waals surface area (Å²) in [6, 6.07) is 11.2. The molecule has 0 spiro atoms. The first-order chi connectivity index (χ1) is 9.12. The van der Waals surface area contributed by atoms with E-state index in [4.69, 9.17) is 4.99 Å². The Kier molecular flexibility index (Phi) is 2.74. The second kappa shape index (κ2) is 4.19. The maximum Gasteiger partial charge on any atom is 0.0677 e. The van der Waals surface area contributed by atoms with Crippen molar-refractivity contribution in [2.45, 2.75) is 46.0 Å². The van der Waals surface area contributed by atoms with Crippen molar-refractivity contribution in [3.8, 4) is 0 Å². The molecule has 2 aromatic carbocycles. The maximum absolute atomic E-state index is 4.84. The summed E-state index contributed by atoms with van der Waals surface area (Å²) < 4.78 is 0. The minimum absolute atomic E-state index is 0.143. The van der Waals surface area contributed by atoms with Crippen LogP contribution in [0.5, 0.6) is 0 Å². The van der Waals surface area contributed by atoms with E-state index < -0.39 is 0 Å². The molecule has 0 saturated heterocycles. The monoisotopic (exact) mass is 251 g/mol. The Morgan fingerprint density at radius 1 is 1.00 bits per heavy atom. The van der Waals surface area contributed by atoms with Crippen LogP contribution in [0.3, 0.4) is 0 Å². The molecule has 0 fully saturated rings. The third-order valence-corrected chi connectivity index (χ3v) is 4.82. The molecule has 1 aliphatic heterocycles. The Morgan fingerprint density at radius 2 is 1.74 bits per heavy atom. The normalized spacial score (nSPS) is 16.5. The molecule has 0 bridgehead atoms. The second-order valence-electron chi connectivity index (χ2n) is 5.67. The van der Waals surface area contributed by atoms with E-state index in [9.17, 15) is 0 Å². The summed E-state index contributed by atoms with van der Waals surface area (Å²) in [6.07, 6.45) is 2.25. The van der Waals surface area contributed by atoms with E-state index in [0.29, 0.717) is 0 Å². The lowest BCUT2D eigenvalue weighted by Gasteiger charge is -2.29. The number of aryl methyl sites for hydroxylation is 1. The molecule has 2 aromatic rings. The molecular formula is C18H21N. The zero-order chi connectivity index (χ0) is 13.6. The highest BCUT2D eigenvalue weighted by molar-refractivity contribution is 6.06. The van der Waals surface area contributed by atoms with Crippen LogP contribution in [-0.2, 0) is 5.41 Å². The summed E-state index contributed by atoms with van der Waals surface area (Å²) in [5.41, 5.74) is 5.37. The average Bonchev–Trinajstić information content (AvgIpc) is 2.70. The summed E-state index contributed by atoms with van der Waals surface area (Å²) in [5, 5.41) is 2.72. The highest BCUT2D eigenvalue weighted by Crippen LogP contribution is 2.48. The largest absolute Gasteiger partial charge is 0.257 e. The number of fused-ring (bicyclic) bond motifs is 3. The van der Waals surface area contributed by atoms with Gasteiger partial charge >= 0.3 is 0 Å². The Balaban J connectivity index is 2.38. The fourth-order valence-electron chi connectivity index (χ4n) is 3.62. The van der Waals surface area contributed by atoms with Crippen LogP contribution in [-0.4, -0.2) is 5.71 Å². The van der Waals surface area contributed by atoms with Gasteiger partial charge in [0.05, 0.1) is 5.69 Å². The van der Waals surface area contributed by atoms with E-state index in [1.165, 1.54) is 33.3 Å². The van der Waals surface area contributed by atoms with Crippen molar-refractivity contribution in [1.29, 1.82) is 0 Å². The first-order valence-corrected chi connectivity index (χ1v) is 7.22. The van der Waals surface area contributed by atoms with Crippen LogP contribution in [0, 0.1) is 6.92 Å². The molecule has 98 valence electrons. The standard InChI is InChI=1S/C18H21N/c1-5-18(6-2)13(4)19-16-10-8-14-11-12(3)7-9-15(14)17(16)18/h7-11H,5-6H2,1-4H3. The lowest BCUT2D eigenvalue weighted by Crippen LogP contribution is -2.29. The van der Waals surface area contributed by atoms with Crippen LogP contribution in [0.25, 0.3) is 10.8 Å². The van der Waals surface area contributed by atoms with Gasteiger partial charge in [-0.2, -0.15) is 0 Å². The Bertz CT molecular complexity index is 675.